The van der Waals surface area contributed by atoms with Crippen LogP contribution in [0.25, 0.3) is 16.7 Å². The molecule has 4 rings (SSSR count). The Balaban J connectivity index is 1.75. The molecule has 0 radical (unpaired) electrons. The highest BCUT2D eigenvalue weighted by atomic mass is 32.2. The lowest BCUT2D eigenvalue weighted by Crippen LogP contribution is -2.33. The molecule has 0 aliphatic carbocycles. The van der Waals surface area contributed by atoms with Crippen molar-refractivity contribution in [1.29, 1.82) is 0 Å². The molecule has 1 aliphatic rings. The summed E-state index contributed by atoms with van der Waals surface area (Å²) in [4.78, 5) is 26.3. The van der Waals surface area contributed by atoms with Crippen LogP contribution >= 0.6 is 0 Å². The normalized spacial score (nSPS) is 17.7. The summed E-state index contributed by atoms with van der Waals surface area (Å²) in [6.45, 7) is 5.73. The minimum absolute atomic E-state index is 0.0741. The van der Waals surface area contributed by atoms with Gasteiger partial charge in [-0.25, -0.2) is 17.6 Å². The number of imidazole rings is 1. The summed E-state index contributed by atoms with van der Waals surface area (Å²) in [5, 5.41) is 0. The van der Waals surface area contributed by atoms with E-state index >= 15 is 0 Å². The number of sulfone groups is 1. The van der Waals surface area contributed by atoms with Crippen molar-refractivity contribution in [2.45, 2.75) is 46.1 Å². The van der Waals surface area contributed by atoms with Crippen molar-refractivity contribution in [3.8, 4) is 5.69 Å². The number of ketones is 1. The highest BCUT2D eigenvalue weighted by Gasteiger charge is 2.35. The fourth-order valence-electron chi connectivity index (χ4n) is 4.45. The number of benzene rings is 2. The first-order chi connectivity index (χ1) is 15.0. The van der Waals surface area contributed by atoms with E-state index in [2.05, 4.69) is 0 Å². The van der Waals surface area contributed by atoms with E-state index in [9.17, 15) is 22.4 Å². The highest BCUT2D eigenvalue weighted by Crippen LogP contribution is 2.36. The number of hydrogen-bond acceptors (Lipinski definition) is 4. The van der Waals surface area contributed by atoms with Crippen LogP contribution in [0, 0.1) is 11.2 Å². The summed E-state index contributed by atoms with van der Waals surface area (Å²) < 4.78 is 40.4. The third-order valence-electron chi connectivity index (χ3n) is 6.40. The lowest BCUT2D eigenvalue weighted by atomic mass is 9.78. The van der Waals surface area contributed by atoms with E-state index in [-0.39, 0.29) is 40.9 Å². The first-order valence-corrected chi connectivity index (χ1v) is 12.6. The van der Waals surface area contributed by atoms with Gasteiger partial charge in [0.1, 0.15) is 15.7 Å². The van der Waals surface area contributed by atoms with Crippen LogP contribution < -0.4 is 5.69 Å². The van der Waals surface area contributed by atoms with E-state index < -0.39 is 15.7 Å². The van der Waals surface area contributed by atoms with Gasteiger partial charge >= 0.3 is 5.69 Å². The van der Waals surface area contributed by atoms with Crippen LogP contribution in [0.15, 0.2) is 47.3 Å². The molecule has 6 nitrogen and oxygen atoms in total. The summed E-state index contributed by atoms with van der Waals surface area (Å²) >= 11 is 0. The monoisotopic (exact) mass is 458 g/mol. The van der Waals surface area contributed by atoms with Gasteiger partial charge in [0.15, 0.2) is 5.78 Å². The Hall–Kier alpha value is -2.74. The molecule has 1 fully saturated rings. The molecule has 0 atom stereocenters. The maximum Gasteiger partial charge on any atom is 0.333 e. The largest absolute Gasteiger partial charge is 0.333 e. The van der Waals surface area contributed by atoms with Crippen molar-refractivity contribution in [3.63, 3.8) is 0 Å². The van der Waals surface area contributed by atoms with Crippen LogP contribution in [0.5, 0.6) is 0 Å². The van der Waals surface area contributed by atoms with Gasteiger partial charge in [0.05, 0.1) is 28.2 Å². The molecule has 1 aromatic heterocycles. The molecule has 2 aromatic carbocycles. The number of hydrogen-bond donors (Lipinski definition) is 0. The van der Waals surface area contributed by atoms with Gasteiger partial charge in [0.2, 0.25) is 0 Å². The summed E-state index contributed by atoms with van der Waals surface area (Å²) in [6.07, 6.45) is 1.19. The third kappa shape index (κ3) is 4.16. The molecule has 3 aromatic rings. The van der Waals surface area contributed by atoms with Crippen molar-refractivity contribution in [1.82, 2.24) is 9.13 Å². The lowest BCUT2D eigenvalue weighted by Gasteiger charge is -2.32. The van der Waals surface area contributed by atoms with Gasteiger partial charge in [-0.05, 0) is 68.5 Å². The average molecular weight is 459 g/mol. The Morgan fingerprint density at radius 3 is 2.41 bits per heavy atom. The molecule has 1 aliphatic heterocycles. The minimum atomic E-state index is -3.01. The van der Waals surface area contributed by atoms with Crippen molar-refractivity contribution in [3.05, 3.63) is 64.3 Å². The predicted molar refractivity (Wildman–Crippen MR) is 123 cm³/mol. The van der Waals surface area contributed by atoms with Gasteiger partial charge < -0.3 is 0 Å². The maximum absolute atomic E-state index is 13.8. The molecule has 170 valence electrons. The summed E-state index contributed by atoms with van der Waals surface area (Å²) in [5.41, 5.74) is 1.46. The Bertz CT molecular complexity index is 1350. The number of Topliss-reactive ketones (excluding diaryl/α,β-unsaturated/α-hetero) is 1. The Morgan fingerprint density at radius 1 is 1.09 bits per heavy atom. The van der Waals surface area contributed by atoms with E-state index in [1.54, 1.807) is 34.9 Å². The molecule has 0 N–H and O–H groups in total. The van der Waals surface area contributed by atoms with Gasteiger partial charge in [-0.3, -0.25) is 13.9 Å². The fraction of sp³-hybridized carbons (Fsp3) is 0.417. The quantitative estimate of drug-likeness (QED) is 0.534. The van der Waals surface area contributed by atoms with Crippen molar-refractivity contribution in [2.24, 2.45) is 5.41 Å². The van der Waals surface area contributed by atoms with Gasteiger partial charge in [0.25, 0.3) is 0 Å². The molecule has 32 heavy (non-hydrogen) atoms. The Kier molecular flexibility index (Phi) is 5.61. The van der Waals surface area contributed by atoms with Crippen LogP contribution in [0.2, 0.25) is 0 Å². The van der Waals surface area contributed by atoms with Crippen LogP contribution in [-0.2, 0) is 9.84 Å². The first-order valence-electron chi connectivity index (χ1n) is 10.8. The van der Waals surface area contributed by atoms with E-state index in [0.29, 0.717) is 35.1 Å². The number of carbonyl (C=O) groups excluding carboxylic acids is 1. The molecule has 0 spiro atoms. The van der Waals surface area contributed by atoms with Crippen molar-refractivity contribution < 1.29 is 17.6 Å². The molecule has 1 saturated heterocycles. The molecule has 8 heteroatoms. The zero-order valence-corrected chi connectivity index (χ0v) is 19.3. The SMILES string of the molecule is CC(C)n1c(=O)n(-c2cccc(F)c2)c2ccc(C(=O)CC3(C)CCS(=O)(=O)CC3)cc21. The third-order valence-corrected chi connectivity index (χ3v) is 8.05. The number of nitrogens with zero attached hydrogens (tertiary/aromatic N) is 2. The standard InChI is InChI=1S/C24H27FN2O4S/c1-16(2)26-21-13-17(22(28)15-24(3)9-11-32(30,31)12-10-24)7-8-20(21)27(23(26)29)19-6-4-5-18(25)14-19/h4-8,13-14,16H,9-12,15H2,1-3H3. The molecular weight excluding hydrogens is 431 g/mol. The van der Waals surface area contributed by atoms with Crippen molar-refractivity contribution >= 4 is 26.7 Å². The predicted octanol–water partition coefficient (Wildman–Crippen LogP) is 4.30. The number of rotatable bonds is 5. The summed E-state index contributed by atoms with van der Waals surface area (Å²) in [6, 6.07) is 10.8. The van der Waals surface area contributed by atoms with E-state index in [1.165, 1.54) is 16.7 Å². The Labute approximate surface area is 186 Å². The van der Waals surface area contributed by atoms with Crippen LogP contribution in [0.4, 0.5) is 4.39 Å². The van der Waals surface area contributed by atoms with Gasteiger partial charge in [-0.1, -0.05) is 13.0 Å². The van der Waals surface area contributed by atoms with Crippen LogP contribution in [-0.4, -0.2) is 34.8 Å². The van der Waals surface area contributed by atoms with E-state index in [1.807, 2.05) is 20.8 Å². The second kappa shape index (κ2) is 7.99. The van der Waals surface area contributed by atoms with E-state index in [0.717, 1.165) is 0 Å². The van der Waals surface area contributed by atoms with Crippen LogP contribution in [0.1, 0.15) is 56.4 Å². The lowest BCUT2D eigenvalue weighted by molar-refractivity contribution is 0.0911. The molecule has 0 bridgehead atoms. The number of aromatic nitrogens is 2. The zero-order chi connectivity index (χ0) is 23.3. The molecule has 0 unspecified atom stereocenters. The molecule has 0 amide bonds. The van der Waals surface area contributed by atoms with Crippen LogP contribution in [0.3, 0.4) is 0 Å². The van der Waals surface area contributed by atoms with Gasteiger partial charge in [-0.2, -0.15) is 0 Å². The average Bonchev–Trinajstić information content (AvgIpc) is 3.01. The highest BCUT2D eigenvalue weighted by molar-refractivity contribution is 7.91. The topological polar surface area (TPSA) is 78.1 Å². The summed E-state index contributed by atoms with van der Waals surface area (Å²) in [7, 11) is -3.01. The zero-order valence-electron chi connectivity index (χ0n) is 18.5. The fourth-order valence-corrected chi connectivity index (χ4v) is 6.27. The second-order valence-electron chi connectivity index (χ2n) is 9.33. The van der Waals surface area contributed by atoms with Gasteiger partial charge in [0, 0.05) is 18.0 Å². The van der Waals surface area contributed by atoms with E-state index in [4.69, 9.17) is 0 Å². The number of fused-ring (bicyclic) bond motifs is 1. The number of carbonyl (C=O) groups is 1. The summed E-state index contributed by atoms with van der Waals surface area (Å²) in [5.74, 6) is -0.289. The van der Waals surface area contributed by atoms with Gasteiger partial charge in [-0.15, -0.1) is 0 Å². The first kappa shape index (κ1) is 22.5. The minimum Gasteiger partial charge on any atom is -0.294 e. The smallest absolute Gasteiger partial charge is 0.294 e. The Morgan fingerprint density at radius 2 is 1.78 bits per heavy atom. The molecule has 2 heterocycles. The maximum atomic E-state index is 13.8. The second-order valence-corrected chi connectivity index (χ2v) is 11.6. The molecular formula is C24H27FN2O4S. The molecule has 0 saturated carbocycles. The van der Waals surface area contributed by atoms with Crippen molar-refractivity contribution in [2.75, 3.05) is 11.5 Å². The number of halogens is 1.